The summed E-state index contributed by atoms with van der Waals surface area (Å²) < 4.78 is 1.92. The van der Waals surface area contributed by atoms with Crippen molar-refractivity contribution in [2.24, 2.45) is 18.8 Å². The number of aromatic nitrogens is 2. The maximum Gasteiger partial charge on any atom is 0.0629 e. The summed E-state index contributed by atoms with van der Waals surface area (Å²) in [6.07, 6.45) is 5.20. The molecular formula is C11H20N4. The van der Waals surface area contributed by atoms with Gasteiger partial charge < -0.3 is 0 Å². The van der Waals surface area contributed by atoms with Crippen molar-refractivity contribution in [3.63, 3.8) is 0 Å². The average Bonchev–Trinajstić information content (AvgIpc) is 2.95. The van der Waals surface area contributed by atoms with Crippen LogP contribution in [0.3, 0.4) is 0 Å². The van der Waals surface area contributed by atoms with E-state index in [1.165, 1.54) is 25.0 Å². The third-order valence-corrected chi connectivity index (χ3v) is 3.16. The normalized spacial score (nSPS) is 18.1. The molecule has 0 radical (unpaired) electrons. The molecule has 4 nitrogen and oxygen atoms in total. The molecule has 1 atom stereocenters. The predicted molar refractivity (Wildman–Crippen MR) is 60.0 cm³/mol. The highest BCUT2D eigenvalue weighted by Crippen LogP contribution is 2.35. The minimum Gasteiger partial charge on any atom is -0.271 e. The van der Waals surface area contributed by atoms with Gasteiger partial charge in [-0.1, -0.05) is 12.8 Å². The molecule has 1 aliphatic rings. The summed E-state index contributed by atoms with van der Waals surface area (Å²) in [5.41, 5.74) is 5.14. The summed E-state index contributed by atoms with van der Waals surface area (Å²) in [4.78, 5) is 0. The molecule has 1 aliphatic carbocycles. The van der Waals surface area contributed by atoms with Crippen LogP contribution in [0.4, 0.5) is 0 Å². The molecule has 1 aromatic heterocycles. The molecule has 4 heteroatoms. The highest BCUT2D eigenvalue weighted by molar-refractivity contribution is 5.12. The van der Waals surface area contributed by atoms with Gasteiger partial charge in [0.1, 0.15) is 0 Å². The first-order valence-corrected chi connectivity index (χ1v) is 5.67. The maximum atomic E-state index is 5.60. The molecule has 1 fully saturated rings. The van der Waals surface area contributed by atoms with Gasteiger partial charge in [-0.05, 0) is 31.7 Å². The smallest absolute Gasteiger partial charge is 0.0629 e. The minimum absolute atomic E-state index is 0.247. The SMILES string of the molecule is Cc1cc(C(CCC2CC2)NN)n(C)n1. The maximum absolute atomic E-state index is 5.60. The summed E-state index contributed by atoms with van der Waals surface area (Å²) in [6, 6.07) is 2.36. The molecule has 0 bridgehead atoms. The molecule has 0 aliphatic heterocycles. The van der Waals surface area contributed by atoms with Crippen molar-refractivity contribution in [2.75, 3.05) is 0 Å². The molecule has 2 rings (SSSR count). The molecule has 0 amide bonds. The van der Waals surface area contributed by atoms with Gasteiger partial charge in [0.15, 0.2) is 0 Å². The lowest BCUT2D eigenvalue weighted by Crippen LogP contribution is -2.29. The lowest BCUT2D eigenvalue weighted by Gasteiger charge is -2.15. The Labute approximate surface area is 90.8 Å². The van der Waals surface area contributed by atoms with E-state index in [2.05, 4.69) is 16.6 Å². The zero-order valence-electron chi connectivity index (χ0n) is 9.53. The summed E-state index contributed by atoms with van der Waals surface area (Å²) in [5, 5.41) is 4.34. The van der Waals surface area contributed by atoms with Crippen LogP contribution in [-0.2, 0) is 7.05 Å². The van der Waals surface area contributed by atoms with Gasteiger partial charge in [-0.3, -0.25) is 16.0 Å². The quantitative estimate of drug-likeness (QED) is 0.568. The van der Waals surface area contributed by atoms with E-state index in [1.54, 1.807) is 0 Å². The number of hydrazine groups is 1. The molecule has 0 aromatic carbocycles. The van der Waals surface area contributed by atoms with Gasteiger partial charge in [0.2, 0.25) is 0 Å². The number of rotatable bonds is 5. The third kappa shape index (κ3) is 2.58. The summed E-state index contributed by atoms with van der Waals surface area (Å²) >= 11 is 0. The number of aryl methyl sites for hydroxylation is 2. The lowest BCUT2D eigenvalue weighted by molar-refractivity contribution is 0.454. The molecule has 3 N–H and O–H groups in total. The Morgan fingerprint density at radius 3 is 2.87 bits per heavy atom. The first-order chi connectivity index (χ1) is 7.20. The summed E-state index contributed by atoms with van der Waals surface area (Å²) in [6.45, 7) is 2.01. The molecule has 15 heavy (non-hydrogen) atoms. The predicted octanol–water partition coefficient (Wildman–Crippen LogP) is 1.42. The van der Waals surface area contributed by atoms with Crippen molar-refractivity contribution in [2.45, 2.75) is 38.6 Å². The Morgan fingerprint density at radius 1 is 1.67 bits per heavy atom. The zero-order valence-corrected chi connectivity index (χ0v) is 9.53. The van der Waals surface area contributed by atoms with Crippen LogP contribution < -0.4 is 11.3 Å². The van der Waals surface area contributed by atoms with Crippen LogP contribution in [0.1, 0.15) is 43.1 Å². The monoisotopic (exact) mass is 208 g/mol. The van der Waals surface area contributed by atoms with Crippen molar-refractivity contribution < 1.29 is 0 Å². The van der Waals surface area contributed by atoms with E-state index in [0.717, 1.165) is 18.0 Å². The van der Waals surface area contributed by atoms with Crippen molar-refractivity contribution in [1.82, 2.24) is 15.2 Å². The van der Waals surface area contributed by atoms with Gasteiger partial charge in [0, 0.05) is 7.05 Å². The number of nitrogens with two attached hydrogens (primary N) is 1. The van der Waals surface area contributed by atoms with E-state index < -0.39 is 0 Å². The van der Waals surface area contributed by atoms with Crippen LogP contribution in [0, 0.1) is 12.8 Å². The average molecular weight is 208 g/mol. The number of hydrogen-bond acceptors (Lipinski definition) is 3. The zero-order chi connectivity index (χ0) is 10.8. The van der Waals surface area contributed by atoms with Crippen LogP contribution in [-0.4, -0.2) is 9.78 Å². The molecule has 0 spiro atoms. The van der Waals surface area contributed by atoms with E-state index in [9.17, 15) is 0 Å². The standard InChI is InChI=1S/C11H20N4/c1-8-7-11(15(2)14-8)10(13-12)6-5-9-3-4-9/h7,9-10,13H,3-6,12H2,1-2H3. The largest absolute Gasteiger partial charge is 0.271 e. The van der Waals surface area contributed by atoms with Gasteiger partial charge in [-0.2, -0.15) is 5.10 Å². The minimum atomic E-state index is 0.247. The highest BCUT2D eigenvalue weighted by Gasteiger charge is 2.23. The molecular weight excluding hydrogens is 188 g/mol. The summed E-state index contributed by atoms with van der Waals surface area (Å²) in [5.74, 6) is 6.55. The third-order valence-electron chi connectivity index (χ3n) is 3.16. The van der Waals surface area contributed by atoms with Gasteiger partial charge in [-0.25, -0.2) is 0 Å². The van der Waals surface area contributed by atoms with E-state index in [4.69, 9.17) is 5.84 Å². The molecule has 1 unspecified atom stereocenters. The topological polar surface area (TPSA) is 55.9 Å². The van der Waals surface area contributed by atoms with Crippen LogP contribution in [0.15, 0.2) is 6.07 Å². The number of nitrogens with one attached hydrogen (secondary N) is 1. The Morgan fingerprint density at radius 2 is 2.40 bits per heavy atom. The molecule has 1 saturated carbocycles. The van der Waals surface area contributed by atoms with E-state index in [1.807, 2.05) is 18.7 Å². The second kappa shape index (κ2) is 4.33. The van der Waals surface area contributed by atoms with Crippen LogP contribution >= 0.6 is 0 Å². The highest BCUT2D eigenvalue weighted by atomic mass is 15.3. The van der Waals surface area contributed by atoms with Crippen LogP contribution in [0.2, 0.25) is 0 Å². The molecule has 84 valence electrons. The van der Waals surface area contributed by atoms with E-state index in [-0.39, 0.29) is 6.04 Å². The lowest BCUT2D eigenvalue weighted by atomic mass is 10.1. The number of hydrogen-bond donors (Lipinski definition) is 2. The fraction of sp³-hybridized carbons (Fsp3) is 0.727. The number of nitrogens with zero attached hydrogens (tertiary/aromatic N) is 2. The van der Waals surface area contributed by atoms with Crippen molar-refractivity contribution in [3.8, 4) is 0 Å². The van der Waals surface area contributed by atoms with Crippen LogP contribution in [0.5, 0.6) is 0 Å². The second-order valence-electron chi connectivity index (χ2n) is 4.57. The van der Waals surface area contributed by atoms with E-state index in [0.29, 0.717) is 0 Å². The fourth-order valence-electron chi connectivity index (χ4n) is 2.08. The van der Waals surface area contributed by atoms with Crippen molar-refractivity contribution in [3.05, 3.63) is 17.5 Å². The first kappa shape index (κ1) is 10.6. The summed E-state index contributed by atoms with van der Waals surface area (Å²) in [7, 11) is 1.98. The van der Waals surface area contributed by atoms with Crippen molar-refractivity contribution >= 4 is 0 Å². The Bertz CT molecular complexity index is 327. The van der Waals surface area contributed by atoms with Gasteiger partial charge in [0.05, 0.1) is 17.4 Å². The molecule has 0 saturated heterocycles. The molecule has 1 heterocycles. The van der Waals surface area contributed by atoms with Gasteiger partial charge in [0.25, 0.3) is 0 Å². The van der Waals surface area contributed by atoms with Gasteiger partial charge >= 0.3 is 0 Å². The second-order valence-corrected chi connectivity index (χ2v) is 4.57. The van der Waals surface area contributed by atoms with Crippen molar-refractivity contribution in [1.29, 1.82) is 0 Å². The van der Waals surface area contributed by atoms with Gasteiger partial charge in [-0.15, -0.1) is 0 Å². The van der Waals surface area contributed by atoms with Crippen LogP contribution in [0.25, 0.3) is 0 Å². The first-order valence-electron chi connectivity index (χ1n) is 5.67. The Balaban J connectivity index is 2.00. The fourth-order valence-corrected chi connectivity index (χ4v) is 2.08. The Kier molecular flexibility index (Phi) is 3.07. The Hall–Kier alpha value is -0.870. The molecule has 1 aromatic rings. The van der Waals surface area contributed by atoms with E-state index >= 15 is 0 Å².